The molecule has 0 radical (unpaired) electrons. The first-order chi connectivity index (χ1) is 13.1. The van der Waals surface area contributed by atoms with Crippen LogP contribution in [0.25, 0.3) is 0 Å². The van der Waals surface area contributed by atoms with Crippen molar-refractivity contribution in [2.45, 2.75) is 39.7 Å². The van der Waals surface area contributed by atoms with Crippen LogP contribution in [0.15, 0.2) is 42.5 Å². The molecule has 0 aliphatic carbocycles. The van der Waals surface area contributed by atoms with Gasteiger partial charge in [-0.1, -0.05) is 35.9 Å². The Morgan fingerprint density at radius 2 is 1.86 bits per heavy atom. The highest BCUT2D eigenvalue weighted by Gasteiger charge is 2.18. The Hall–Kier alpha value is -2.05. The van der Waals surface area contributed by atoms with E-state index in [1.54, 1.807) is 24.3 Å². The molecule has 0 saturated carbocycles. The number of carbonyl (C=O) groups is 1. The van der Waals surface area contributed by atoms with E-state index in [9.17, 15) is 13.2 Å². The van der Waals surface area contributed by atoms with Crippen LogP contribution in [0, 0.1) is 13.8 Å². The van der Waals surface area contributed by atoms with Gasteiger partial charge in [-0.05, 0) is 62.1 Å². The Balaban J connectivity index is 1.94. The molecule has 1 amide bonds. The lowest BCUT2D eigenvalue weighted by molar-refractivity contribution is -0.121. The zero-order valence-corrected chi connectivity index (χ0v) is 18.3. The monoisotopic (exact) mass is 422 g/mol. The average molecular weight is 423 g/mol. The van der Waals surface area contributed by atoms with E-state index in [-0.39, 0.29) is 24.9 Å². The SMILES string of the molecule is Cc1ccc([C@H](C)NC(=O)CCCN(c2cccc(Cl)c2)S(C)(=O)=O)cc1C. The molecule has 2 rings (SSSR count). The number of carbonyl (C=O) groups excluding carboxylic acids is 1. The van der Waals surface area contributed by atoms with Gasteiger partial charge in [0.2, 0.25) is 15.9 Å². The van der Waals surface area contributed by atoms with Crippen molar-refractivity contribution in [2.75, 3.05) is 17.1 Å². The lowest BCUT2D eigenvalue weighted by Crippen LogP contribution is -2.32. The number of benzene rings is 2. The number of amides is 1. The molecule has 0 aromatic heterocycles. The highest BCUT2D eigenvalue weighted by Crippen LogP contribution is 2.22. The number of hydrogen-bond donors (Lipinski definition) is 1. The number of rotatable bonds is 8. The average Bonchev–Trinajstić information content (AvgIpc) is 2.59. The number of aryl methyl sites for hydroxylation is 2. The molecule has 1 atom stereocenters. The Bertz CT molecular complexity index is 944. The maximum Gasteiger partial charge on any atom is 0.232 e. The van der Waals surface area contributed by atoms with Crippen LogP contribution in [-0.4, -0.2) is 27.1 Å². The molecule has 0 spiro atoms. The predicted molar refractivity (Wildman–Crippen MR) is 115 cm³/mol. The minimum Gasteiger partial charge on any atom is -0.350 e. The van der Waals surface area contributed by atoms with E-state index in [2.05, 4.69) is 18.3 Å². The first-order valence-corrected chi connectivity index (χ1v) is 11.4. The highest BCUT2D eigenvalue weighted by molar-refractivity contribution is 7.92. The molecule has 0 fully saturated rings. The molecule has 152 valence electrons. The summed E-state index contributed by atoms with van der Waals surface area (Å²) < 4.78 is 25.5. The summed E-state index contributed by atoms with van der Waals surface area (Å²) >= 11 is 5.97. The number of hydrogen-bond acceptors (Lipinski definition) is 3. The van der Waals surface area contributed by atoms with Crippen molar-refractivity contribution >= 4 is 33.2 Å². The molecule has 5 nitrogen and oxygen atoms in total. The zero-order chi connectivity index (χ0) is 20.9. The van der Waals surface area contributed by atoms with E-state index in [1.165, 1.54) is 15.4 Å². The van der Waals surface area contributed by atoms with E-state index in [0.29, 0.717) is 17.1 Å². The van der Waals surface area contributed by atoms with Gasteiger partial charge in [0, 0.05) is 18.0 Å². The van der Waals surface area contributed by atoms with Crippen LogP contribution in [0.1, 0.15) is 42.5 Å². The van der Waals surface area contributed by atoms with Gasteiger partial charge in [0.25, 0.3) is 0 Å². The largest absolute Gasteiger partial charge is 0.350 e. The molecule has 28 heavy (non-hydrogen) atoms. The van der Waals surface area contributed by atoms with Crippen LogP contribution in [0.4, 0.5) is 5.69 Å². The number of nitrogens with one attached hydrogen (secondary N) is 1. The van der Waals surface area contributed by atoms with Crippen LogP contribution >= 0.6 is 11.6 Å². The molecule has 7 heteroatoms. The van der Waals surface area contributed by atoms with Crippen LogP contribution in [-0.2, 0) is 14.8 Å². The number of halogens is 1. The summed E-state index contributed by atoms with van der Waals surface area (Å²) in [5, 5.41) is 3.44. The van der Waals surface area contributed by atoms with Gasteiger partial charge >= 0.3 is 0 Å². The lowest BCUT2D eigenvalue weighted by atomic mass is 10.0. The minimum absolute atomic E-state index is 0.106. The van der Waals surface area contributed by atoms with Crippen molar-refractivity contribution in [1.82, 2.24) is 5.32 Å². The predicted octanol–water partition coefficient (Wildman–Crippen LogP) is 4.38. The molecular formula is C21H27ClN2O3S. The van der Waals surface area contributed by atoms with Gasteiger partial charge in [-0.3, -0.25) is 9.10 Å². The molecule has 1 N–H and O–H groups in total. The van der Waals surface area contributed by atoms with Crippen molar-refractivity contribution in [3.8, 4) is 0 Å². The molecule has 0 aliphatic rings. The Morgan fingerprint density at radius 3 is 2.46 bits per heavy atom. The van der Waals surface area contributed by atoms with Gasteiger partial charge in [0.05, 0.1) is 18.0 Å². The third-order valence-corrected chi connectivity index (χ3v) is 6.10. The first kappa shape index (κ1) is 22.2. The van der Waals surface area contributed by atoms with E-state index >= 15 is 0 Å². The number of nitrogens with zero attached hydrogens (tertiary/aromatic N) is 1. The second-order valence-electron chi connectivity index (χ2n) is 7.05. The van der Waals surface area contributed by atoms with Crippen LogP contribution in [0.3, 0.4) is 0 Å². The van der Waals surface area contributed by atoms with Crippen LogP contribution in [0.2, 0.25) is 5.02 Å². The van der Waals surface area contributed by atoms with Gasteiger partial charge in [0.1, 0.15) is 0 Å². The molecular weight excluding hydrogens is 396 g/mol. The van der Waals surface area contributed by atoms with Crippen molar-refractivity contribution in [1.29, 1.82) is 0 Å². The van der Waals surface area contributed by atoms with Gasteiger partial charge < -0.3 is 5.32 Å². The summed E-state index contributed by atoms with van der Waals surface area (Å²) in [4.78, 5) is 12.3. The summed E-state index contributed by atoms with van der Waals surface area (Å²) in [6.45, 7) is 6.25. The van der Waals surface area contributed by atoms with Gasteiger partial charge in [0.15, 0.2) is 0 Å². The fraction of sp³-hybridized carbons (Fsp3) is 0.381. The van der Waals surface area contributed by atoms with E-state index in [4.69, 9.17) is 11.6 Å². The smallest absolute Gasteiger partial charge is 0.232 e. The third-order valence-electron chi connectivity index (χ3n) is 4.67. The van der Waals surface area contributed by atoms with E-state index < -0.39 is 10.0 Å². The molecule has 0 unspecified atom stereocenters. The number of sulfonamides is 1. The Labute approximate surface area is 172 Å². The zero-order valence-electron chi connectivity index (χ0n) is 16.7. The topological polar surface area (TPSA) is 66.5 Å². The second kappa shape index (κ2) is 9.43. The molecule has 2 aromatic rings. The minimum atomic E-state index is -3.46. The second-order valence-corrected chi connectivity index (χ2v) is 9.39. The normalized spacial score (nSPS) is 12.5. The van der Waals surface area contributed by atoms with Crippen molar-refractivity contribution in [3.05, 3.63) is 64.2 Å². The molecule has 0 heterocycles. The van der Waals surface area contributed by atoms with Gasteiger partial charge in [-0.25, -0.2) is 8.42 Å². The first-order valence-electron chi connectivity index (χ1n) is 9.17. The molecule has 2 aromatic carbocycles. The summed E-state index contributed by atoms with van der Waals surface area (Å²) in [7, 11) is -3.46. The summed E-state index contributed by atoms with van der Waals surface area (Å²) in [5.41, 5.74) is 3.94. The summed E-state index contributed by atoms with van der Waals surface area (Å²) in [6, 6.07) is 12.7. The maximum absolute atomic E-state index is 12.3. The van der Waals surface area contributed by atoms with E-state index in [0.717, 1.165) is 11.8 Å². The van der Waals surface area contributed by atoms with Crippen LogP contribution in [0.5, 0.6) is 0 Å². The fourth-order valence-electron chi connectivity index (χ4n) is 2.93. The molecule has 0 bridgehead atoms. The Morgan fingerprint density at radius 1 is 1.14 bits per heavy atom. The summed E-state index contributed by atoms with van der Waals surface area (Å²) in [6.07, 6.45) is 1.79. The Kier molecular flexibility index (Phi) is 7.49. The van der Waals surface area contributed by atoms with Crippen molar-refractivity contribution in [2.24, 2.45) is 0 Å². The van der Waals surface area contributed by atoms with Crippen molar-refractivity contribution in [3.63, 3.8) is 0 Å². The molecule has 0 aliphatic heterocycles. The number of anilines is 1. The standard InChI is InChI=1S/C21H27ClN2O3S/c1-15-10-11-18(13-16(15)2)17(3)23-21(25)9-6-12-24(28(4,26)27)20-8-5-7-19(22)14-20/h5,7-8,10-11,13-14,17H,6,9,12H2,1-4H3,(H,23,25)/t17-/m0/s1. The van der Waals surface area contributed by atoms with Crippen LogP contribution < -0.4 is 9.62 Å². The van der Waals surface area contributed by atoms with E-state index in [1.807, 2.05) is 26.0 Å². The highest BCUT2D eigenvalue weighted by atomic mass is 35.5. The maximum atomic E-state index is 12.3. The van der Waals surface area contributed by atoms with Gasteiger partial charge in [-0.2, -0.15) is 0 Å². The lowest BCUT2D eigenvalue weighted by Gasteiger charge is -2.22. The fourth-order valence-corrected chi connectivity index (χ4v) is 4.07. The quantitative estimate of drug-likeness (QED) is 0.686. The third kappa shape index (κ3) is 6.24. The molecule has 0 saturated heterocycles. The van der Waals surface area contributed by atoms with Gasteiger partial charge in [-0.15, -0.1) is 0 Å². The van der Waals surface area contributed by atoms with Crippen molar-refractivity contribution < 1.29 is 13.2 Å². The summed E-state index contributed by atoms with van der Waals surface area (Å²) in [5.74, 6) is -0.106.